The van der Waals surface area contributed by atoms with Crippen LogP contribution in [-0.2, 0) is 13.9 Å². The topological polar surface area (TPSA) is 183 Å². The quantitative estimate of drug-likeness (QED) is 0.191. The van der Waals surface area contributed by atoms with Crippen LogP contribution in [0.1, 0.15) is 0 Å². The lowest BCUT2D eigenvalue weighted by atomic mass is 10.5. The summed E-state index contributed by atoms with van der Waals surface area (Å²) in [6, 6.07) is 0. The van der Waals surface area contributed by atoms with Gasteiger partial charge in [-0.15, -0.1) is 0 Å². The van der Waals surface area contributed by atoms with Crippen LogP contribution < -0.4 is 0 Å². The average Bonchev–Trinajstić information content (AvgIpc) is 2.09. The first-order valence-electron chi connectivity index (χ1n) is 4.67. The fourth-order valence-corrected chi connectivity index (χ4v) is 2.66. The van der Waals surface area contributed by atoms with Crippen molar-refractivity contribution in [1.82, 2.24) is 9.80 Å². The van der Waals surface area contributed by atoms with E-state index in [4.69, 9.17) is 30.1 Å². The van der Waals surface area contributed by atoms with Gasteiger partial charge in [0.25, 0.3) is 0 Å². The van der Waals surface area contributed by atoms with E-state index in [9.17, 15) is 13.9 Å². The molecule has 0 aromatic carbocycles. The van der Waals surface area contributed by atoms with Crippen LogP contribution in [0.3, 0.4) is 0 Å². The van der Waals surface area contributed by atoms with Crippen LogP contribution in [0.5, 0.6) is 0 Å². The van der Waals surface area contributed by atoms with Crippen LogP contribution in [0.25, 0.3) is 0 Å². The number of likely N-dealkylation sites (N-methyl/N-ethyl adjacent to an activating group) is 1. The number of carboxylic acids is 1. The molecule has 0 unspecified atom stereocenters. The average molecular weight is 319 g/mol. The van der Waals surface area contributed by atoms with Crippen molar-refractivity contribution in [3.05, 3.63) is 0 Å². The maximum absolute atomic E-state index is 10.8. The monoisotopic (exact) mass is 319 g/mol. The Hall–Kier alpha value is -0.960. The SMILES string of the molecule is CN(CC(=O)O)C(=N)N(CP(=O)(O)O)CP(=O)(O)O. The van der Waals surface area contributed by atoms with E-state index in [-0.39, 0.29) is 0 Å². The van der Waals surface area contributed by atoms with Gasteiger partial charge in [-0.25, -0.2) is 0 Å². The van der Waals surface area contributed by atoms with E-state index in [1.54, 1.807) is 0 Å². The third-order valence-corrected chi connectivity index (χ3v) is 3.16. The molecular formula is C6H15N3O8P2. The van der Waals surface area contributed by atoms with Crippen LogP contribution in [-0.4, -0.2) is 72.6 Å². The van der Waals surface area contributed by atoms with Crippen molar-refractivity contribution in [3.63, 3.8) is 0 Å². The van der Waals surface area contributed by atoms with Crippen molar-refractivity contribution in [2.45, 2.75) is 0 Å². The summed E-state index contributed by atoms with van der Waals surface area (Å²) in [4.78, 5) is 46.8. The molecule has 0 aliphatic rings. The Kier molecular flexibility index (Phi) is 6.14. The minimum Gasteiger partial charge on any atom is -0.480 e. The minimum absolute atomic E-state index is 0.435. The second-order valence-corrected chi connectivity index (χ2v) is 6.95. The highest BCUT2D eigenvalue weighted by Crippen LogP contribution is 2.40. The zero-order chi connectivity index (χ0) is 15.4. The predicted molar refractivity (Wildman–Crippen MR) is 63.7 cm³/mol. The molecule has 11 nitrogen and oxygen atoms in total. The van der Waals surface area contributed by atoms with Crippen molar-refractivity contribution < 1.29 is 38.6 Å². The molecule has 0 aliphatic carbocycles. The van der Waals surface area contributed by atoms with Gasteiger partial charge in [-0.05, 0) is 0 Å². The van der Waals surface area contributed by atoms with Crippen molar-refractivity contribution in [2.75, 3.05) is 26.2 Å². The normalized spacial score (nSPS) is 12.1. The van der Waals surface area contributed by atoms with Crippen LogP contribution in [0, 0.1) is 5.41 Å². The number of aliphatic carboxylic acids is 1. The van der Waals surface area contributed by atoms with Crippen LogP contribution in [0.15, 0.2) is 0 Å². The lowest BCUT2D eigenvalue weighted by Crippen LogP contribution is -2.44. The number of nitrogens with zero attached hydrogens (tertiary/aromatic N) is 2. The Morgan fingerprint density at radius 1 is 1.11 bits per heavy atom. The Morgan fingerprint density at radius 3 is 1.74 bits per heavy atom. The molecule has 0 heterocycles. The molecule has 0 rings (SSSR count). The van der Waals surface area contributed by atoms with Gasteiger partial charge in [0.2, 0.25) is 0 Å². The highest BCUT2D eigenvalue weighted by Gasteiger charge is 2.29. The van der Waals surface area contributed by atoms with Gasteiger partial charge in [0.1, 0.15) is 19.1 Å². The number of carbonyl (C=O) groups is 1. The highest BCUT2D eigenvalue weighted by molar-refractivity contribution is 7.52. The van der Waals surface area contributed by atoms with E-state index in [0.717, 1.165) is 11.9 Å². The molecule has 13 heteroatoms. The maximum atomic E-state index is 10.8. The summed E-state index contributed by atoms with van der Waals surface area (Å²) in [5.41, 5.74) is 0. The third-order valence-electron chi connectivity index (χ3n) is 1.74. The lowest BCUT2D eigenvalue weighted by Gasteiger charge is -2.30. The summed E-state index contributed by atoms with van der Waals surface area (Å²) < 4.78 is 21.7. The standard InChI is InChI=1S/C6H15N3O8P2/c1-8(2-5(10)11)6(7)9(3-18(12,13)14)4-19(15,16)17/h7H,2-4H2,1H3,(H,10,11)(H2,12,13,14)(H2,15,16,17). The largest absolute Gasteiger partial charge is 0.480 e. The summed E-state index contributed by atoms with van der Waals surface area (Å²) >= 11 is 0. The molecule has 0 saturated heterocycles. The molecule has 0 bridgehead atoms. The Balaban J connectivity index is 5.02. The number of guanidine groups is 1. The summed E-state index contributed by atoms with van der Waals surface area (Å²) in [6.07, 6.45) is -2.19. The molecule has 112 valence electrons. The van der Waals surface area contributed by atoms with E-state index >= 15 is 0 Å². The Morgan fingerprint density at radius 2 is 1.47 bits per heavy atom. The molecule has 19 heavy (non-hydrogen) atoms. The van der Waals surface area contributed by atoms with E-state index in [1.807, 2.05) is 0 Å². The summed E-state index contributed by atoms with van der Waals surface area (Å²) in [6.45, 7) is -0.655. The molecule has 0 amide bonds. The number of hydrogen-bond donors (Lipinski definition) is 6. The van der Waals surface area contributed by atoms with Gasteiger partial charge < -0.3 is 34.5 Å². The molecule has 0 radical (unpaired) electrons. The molecule has 0 aromatic heterocycles. The van der Waals surface area contributed by atoms with Crippen LogP contribution >= 0.6 is 15.2 Å². The van der Waals surface area contributed by atoms with Gasteiger partial charge in [-0.1, -0.05) is 0 Å². The first kappa shape index (κ1) is 18.0. The molecular weight excluding hydrogens is 304 g/mol. The van der Waals surface area contributed by atoms with Gasteiger partial charge >= 0.3 is 21.2 Å². The van der Waals surface area contributed by atoms with Gasteiger partial charge in [-0.3, -0.25) is 19.3 Å². The number of rotatable bonds is 6. The summed E-state index contributed by atoms with van der Waals surface area (Å²) in [7, 11) is -8.19. The van der Waals surface area contributed by atoms with E-state index in [0.29, 0.717) is 4.90 Å². The first-order chi connectivity index (χ1) is 8.32. The number of carboxylic acid groups (broad SMARTS) is 1. The fraction of sp³-hybridized carbons (Fsp3) is 0.667. The second-order valence-electron chi connectivity index (χ2n) is 3.73. The van der Waals surface area contributed by atoms with E-state index in [2.05, 4.69) is 0 Å². The predicted octanol–water partition coefficient (Wildman–Crippen LogP) is -1.49. The molecule has 0 fully saturated rings. The number of nitrogens with one attached hydrogen (secondary N) is 1. The van der Waals surface area contributed by atoms with Gasteiger partial charge in [0.05, 0.1) is 0 Å². The zero-order valence-corrected chi connectivity index (χ0v) is 11.7. The lowest BCUT2D eigenvalue weighted by molar-refractivity contribution is -0.137. The van der Waals surface area contributed by atoms with Crippen molar-refractivity contribution in [2.24, 2.45) is 0 Å². The van der Waals surface area contributed by atoms with Crippen LogP contribution in [0.4, 0.5) is 0 Å². The van der Waals surface area contributed by atoms with Crippen molar-refractivity contribution in [3.8, 4) is 0 Å². The third kappa shape index (κ3) is 8.71. The summed E-state index contributed by atoms with van der Waals surface area (Å²) in [5.74, 6) is -2.02. The van der Waals surface area contributed by atoms with E-state index in [1.165, 1.54) is 0 Å². The minimum atomic E-state index is -4.67. The number of hydrogen-bond acceptors (Lipinski definition) is 4. The molecule has 0 aliphatic heterocycles. The van der Waals surface area contributed by atoms with Crippen molar-refractivity contribution >= 4 is 27.1 Å². The smallest absolute Gasteiger partial charge is 0.344 e. The van der Waals surface area contributed by atoms with Gasteiger partial charge in [-0.2, -0.15) is 0 Å². The second kappa shape index (κ2) is 6.47. The Labute approximate surface area is 108 Å². The van der Waals surface area contributed by atoms with Gasteiger partial charge in [0, 0.05) is 7.05 Å². The van der Waals surface area contributed by atoms with Crippen LogP contribution in [0.2, 0.25) is 0 Å². The highest BCUT2D eigenvalue weighted by atomic mass is 31.2. The molecule has 0 saturated carbocycles. The van der Waals surface area contributed by atoms with Gasteiger partial charge in [0.15, 0.2) is 5.96 Å². The molecule has 0 spiro atoms. The molecule has 0 atom stereocenters. The zero-order valence-electron chi connectivity index (χ0n) is 9.87. The Bertz CT molecular complexity index is 418. The summed E-state index contributed by atoms with van der Waals surface area (Å²) in [5, 5.41) is 16.0. The molecule has 0 aromatic rings. The first-order valence-corrected chi connectivity index (χ1v) is 8.27. The molecule has 6 N–H and O–H groups in total. The van der Waals surface area contributed by atoms with Crippen molar-refractivity contribution in [1.29, 1.82) is 5.41 Å². The fourth-order valence-electron chi connectivity index (χ4n) is 1.14. The maximum Gasteiger partial charge on any atom is 0.344 e. The van der Waals surface area contributed by atoms with E-state index < -0.39 is 46.2 Å².